The fourth-order valence-electron chi connectivity index (χ4n) is 7.16. The maximum absolute atomic E-state index is 9.73. The highest BCUT2D eigenvalue weighted by atomic mass is 16.5. The lowest BCUT2D eigenvalue weighted by Crippen LogP contribution is -2.31. The molecule has 0 spiro atoms. The highest BCUT2D eigenvalue weighted by Crippen LogP contribution is 2.37. The van der Waals surface area contributed by atoms with Crippen LogP contribution in [0, 0.1) is 17.7 Å². The van der Waals surface area contributed by atoms with Gasteiger partial charge in [-0.25, -0.2) is 4.98 Å². The zero-order chi connectivity index (χ0) is 38.9. The Labute approximate surface area is 323 Å². The molecule has 0 atom stereocenters. The molecular weight excluding hydrogens is 677 g/mol. The van der Waals surface area contributed by atoms with Gasteiger partial charge in [0.1, 0.15) is 17.3 Å². The third-order valence-electron chi connectivity index (χ3n) is 10.4. The molecule has 0 amide bonds. The van der Waals surface area contributed by atoms with Gasteiger partial charge in [-0.15, -0.1) is 0 Å². The van der Waals surface area contributed by atoms with Crippen molar-refractivity contribution in [1.29, 1.82) is 5.26 Å². The molecule has 0 bridgehead atoms. The number of nitriles is 1. The maximum atomic E-state index is 9.73. The quantitative estimate of drug-likeness (QED) is 0.131. The molecule has 0 saturated carbocycles. The molecule has 7 heteroatoms. The highest BCUT2D eigenvalue weighted by Gasteiger charge is 2.23. The van der Waals surface area contributed by atoms with Crippen molar-refractivity contribution in [3.63, 3.8) is 0 Å². The first-order valence-corrected chi connectivity index (χ1v) is 18.8. The van der Waals surface area contributed by atoms with Crippen LogP contribution in [-0.2, 0) is 16.2 Å². The lowest BCUT2D eigenvalue weighted by atomic mass is 9.80. The maximum Gasteiger partial charge on any atom is 0.269 e. The number of benzene rings is 4. The molecule has 0 saturated heterocycles. The molecule has 55 heavy (non-hydrogen) atoms. The van der Waals surface area contributed by atoms with E-state index in [0.717, 1.165) is 50.0 Å². The number of nitrogens with zero attached hydrogens (tertiary/aromatic N) is 6. The molecule has 0 N–H and O–H groups in total. The van der Waals surface area contributed by atoms with E-state index in [1.54, 1.807) is 6.20 Å². The lowest BCUT2D eigenvalue weighted by molar-refractivity contribution is -0.572. The fraction of sp³-hybridized carbons (Fsp3) is 0.250. The molecule has 274 valence electrons. The Hall–Kier alpha value is -6.26. The Kier molecular flexibility index (Phi) is 8.42. The first-order chi connectivity index (χ1) is 26.1. The van der Waals surface area contributed by atoms with Crippen LogP contribution in [-0.4, -0.2) is 19.1 Å². The molecule has 8 aromatic rings. The van der Waals surface area contributed by atoms with Gasteiger partial charge in [0, 0.05) is 29.2 Å². The molecule has 7 nitrogen and oxygen atoms in total. The van der Waals surface area contributed by atoms with E-state index in [1.807, 2.05) is 48.8 Å². The van der Waals surface area contributed by atoms with Gasteiger partial charge in [-0.3, -0.25) is 18.7 Å². The van der Waals surface area contributed by atoms with Gasteiger partial charge in [0.25, 0.3) is 6.33 Å². The van der Waals surface area contributed by atoms with Crippen molar-refractivity contribution in [1.82, 2.24) is 19.1 Å². The van der Waals surface area contributed by atoms with E-state index in [-0.39, 0.29) is 16.2 Å². The minimum absolute atomic E-state index is 0.0194. The zero-order valence-electron chi connectivity index (χ0n) is 33.1. The van der Waals surface area contributed by atoms with Crippen LogP contribution in [0.3, 0.4) is 0 Å². The van der Waals surface area contributed by atoms with E-state index >= 15 is 0 Å². The first-order valence-electron chi connectivity index (χ1n) is 18.8. The molecule has 0 radical (unpaired) electrons. The molecule has 4 heterocycles. The largest absolute Gasteiger partial charge is 0.456 e. The third-order valence-corrected chi connectivity index (χ3v) is 10.4. The predicted octanol–water partition coefficient (Wildman–Crippen LogP) is 11.2. The fourth-order valence-corrected chi connectivity index (χ4v) is 7.16. The van der Waals surface area contributed by atoms with Crippen molar-refractivity contribution >= 4 is 32.8 Å². The first kappa shape index (κ1) is 35.8. The van der Waals surface area contributed by atoms with Gasteiger partial charge in [0.15, 0.2) is 0 Å². The number of fused-ring (bicyclic) bond motifs is 4. The highest BCUT2D eigenvalue weighted by molar-refractivity contribution is 6.10. The summed E-state index contributed by atoms with van der Waals surface area (Å²) in [5, 5.41) is 11.7. The van der Waals surface area contributed by atoms with E-state index in [0.29, 0.717) is 17.1 Å². The van der Waals surface area contributed by atoms with Crippen LogP contribution in [0.15, 0.2) is 116 Å². The normalized spacial score (nSPS) is 12.4. The number of aromatic nitrogens is 5. The SMILES string of the molecule is CC(C)(C)c1cc(-[n+]2[c-]n(-c3cncc(Oc4ccc5c6cc(C#N)ccc6n(-c6cc(C(C)(C)C)ccn6)c5c4)c3)c3ccccc32)cc(C(C)(C)C)c1. The molecular formula is C48H46N6O. The number of hydrogen-bond donors (Lipinski definition) is 0. The van der Waals surface area contributed by atoms with Crippen molar-refractivity contribution in [2.45, 2.75) is 78.6 Å². The van der Waals surface area contributed by atoms with Crippen LogP contribution < -0.4 is 9.30 Å². The molecule has 8 rings (SSSR count). The molecule has 4 aromatic heterocycles. The number of para-hydroxylation sites is 2. The summed E-state index contributed by atoms with van der Waals surface area (Å²) in [4.78, 5) is 9.45. The van der Waals surface area contributed by atoms with Crippen LogP contribution in [0.1, 0.15) is 84.6 Å². The summed E-state index contributed by atoms with van der Waals surface area (Å²) in [5.74, 6) is 2.07. The molecule has 4 aromatic carbocycles. The number of imidazole rings is 1. The Bertz CT molecular complexity index is 2780. The molecule has 0 fully saturated rings. The smallest absolute Gasteiger partial charge is 0.269 e. The van der Waals surface area contributed by atoms with Gasteiger partial charge >= 0.3 is 0 Å². The second-order valence-corrected chi connectivity index (χ2v) is 17.5. The number of ether oxygens (including phenoxy) is 1. The van der Waals surface area contributed by atoms with Gasteiger partial charge in [0.2, 0.25) is 0 Å². The number of rotatable bonds is 5. The third kappa shape index (κ3) is 6.63. The van der Waals surface area contributed by atoms with Crippen molar-refractivity contribution < 1.29 is 9.30 Å². The molecule has 0 aliphatic rings. The van der Waals surface area contributed by atoms with Gasteiger partial charge < -0.3 is 4.74 Å². The molecule has 0 aliphatic carbocycles. The van der Waals surface area contributed by atoms with Crippen LogP contribution in [0.2, 0.25) is 0 Å². The average molecular weight is 723 g/mol. The van der Waals surface area contributed by atoms with Crippen LogP contribution in [0.25, 0.3) is 50.0 Å². The van der Waals surface area contributed by atoms with Crippen molar-refractivity contribution in [3.8, 4) is 34.8 Å². The van der Waals surface area contributed by atoms with Crippen molar-refractivity contribution in [2.24, 2.45) is 0 Å². The summed E-state index contributed by atoms with van der Waals surface area (Å²) < 4.78 is 12.9. The molecule has 0 unspecified atom stereocenters. The Balaban J connectivity index is 1.22. The number of pyridine rings is 2. The summed E-state index contributed by atoms with van der Waals surface area (Å²) in [6, 6.07) is 35.7. The van der Waals surface area contributed by atoms with Gasteiger partial charge in [-0.2, -0.15) is 5.26 Å². The molecule has 0 aliphatic heterocycles. The van der Waals surface area contributed by atoms with Gasteiger partial charge in [-0.05, 0) is 93.6 Å². The summed E-state index contributed by atoms with van der Waals surface area (Å²) >= 11 is 0. The Morgan fingerprint density at radius 3 is 2.09 bits per heavy atom. The summed E-state index contributed by atoms with van der Waals surface area (Å²) in [6.45, 7) is 20.2. The predicted molar refractivity (Wildman–Crippen MR) is 221 cm³/mol. The van der Waals surface area contributed by atoms with E-state index in [2.05, 4.69) is 154 Å². The monoisotopic (exact) mass is 722 g/mol. The average Bonchev–Trinajstić information content (AvgIpc) is 3.69. The van der Waals surface area contributed by atoms with E-state index in [4.69, 9.17) is 9.72 Å². The Morgan fingerprint density at radius 1 is 0.655 bits per heavy atom. The van der Waals surface area contributed by atoms with E-state index in [1.165, 1.54) is 16.7 Å². The van der Waals surface area contributed by atoms with Crippen LogP contribution >= 0.6 is 0 Å². The van der Waals surface area contributed by atoms with Gasteiger partial charge in [0.05, 0.1) is 51.3 Å². The lowest BCUT2D eigenvalue weighted by Gasteiger charge is -2.26. The second-order valence-electron chi connectivity index (χ2n) is 17.5. The summed E-state index contributed by atoms with van der Waals surface area (Å²) in [6.07, 6.45) is 9.11. The standard InChI is InChI=1S/C48H46N6O/c1-46(2,3)32-18-19-51-45(24-32)54-41-17-14-31(27-49)20-40(41)39-16-15-37(26-44(39)54)55-38-25-36(28-50-29-38)53-30-52(42-12-10-11-13-43(42)53)35-22-33(47(4,5)6)21-34(23-35)48(7,8)9/h10-26,28-29H,1-9H3. The summed E-state index contributed by atoms with van der Waals surface area (Å²) in [7, 11) is 0. The van der Waals surface area contributed by atoms with Gasteiger partial charge in [-0.1, -0.05) is 92.6 Å². The number of hydrogen-bond acceptors (Lipinski definition) is 4. The van der Waals surface area contributed by atoms with Crippen molar-refractivity contribution in [2.75, 3.05) is 0 Å². The zero-order valence-corrected chi connectivity index (χ0v) is 33.1. The Morgan fingerprint density at radius 2 is 1.38 bits per heavy atom. The minimum Gasteiger partial charge on any atom is -0.456 e. The van der Waals surface area contributed by atoms with Crippen LogP contribution in [0.5, 0.6) is 11.5 Å². The van der Waals surface area contributed by atoms with Crippen LogP contribution in [0.4, 0.5) is 0 Å². The summed E-state index contributed by atoms with van der Waals surface area (Å²) in [5.41, 5.74) is 10.1. The topological polar surface area (TPSA) is 72.5 Å². The minimum atomic E-state index is -0.0513. The van der Waals surface area contributed by atoms with Crippen molar-refractivity contribution in [3.05, 3.63) is 144 Å². The van der Waals surface area contributed by atoms with E-state index in [9.17, 15) is 5.26 Å². The second kappa shape index (κ2) is 13.0. The van der Waals surface area contributed by atoms with E-state index < -0.39 is 0 Å².